The Bertz CT molecular complexity index is 1520. The quantitative estimate of drug-likeness (QED) is 0.333. The molecule has 13 heteroatoms. The highest BCUT2D eigenvalue weighted by Gasteiger charge is 2.20. The van der Waals surface area contributed by atoms with Crippen LogP contribution in [-0.2, 0) is 21.8 Å². The second-order valence-electron chi connectivity index (χ2n) is 8.52. The molecule has 0 bridgehead atoms. The van der Waals surface area contributed by atoms with Crippen LogP contribution in [0.3, 0.4) is 0 Å². The molecule has 0 saturated carbocycles. The molecule has 2 N–H and O–H groups in total. The number of sulfonamides is 1. The van der Waals surface area contributed by atoms with Gasteiger partial charge in [-0.15, -0.1) is 0 Å². The van der Waals surface area contributed by atoms with Gasteiger partial charge >= 0.3 is 0 Å². The van der Waals surface area contributed by atoms with Crippen molar-refractivity contribution in [2.45, 2.75) is 4.90 Å². The number of halogens is 2. The standard InChI is InChI=1S/C24H25Cl2N7O3S/c1-32-23-18(15-28-24(29-23)27-9-10-33-11-13-36-14-12-33)22(30-32)16-5-7-17(8-6-16)31-37(34,35)20-4-2-3-19(25)21(20)26/h2-8,15,31H,9-14H2,1H3,(H,27,28,29). The smallest absolute Gasteiger partial charge is 0.263 e. The molecule has 0 amide bonds. The zero-order valence-corrected chi connectivity index (χ0v) is 22.3. The van der Waals surface area contributed by atoms with E-state index in [9.17, 15) is 8.42 Å². The number of aromatic nitrogens is 4. The third-order valence-corrected chi connectivity index (χ3v) is 8.37. The molecule has 3 heterocycles. The second-order valence-corrected chi connectivity index (χ2v) is 11.0. The van der Waals surface area contributed by atoms with Crippen LogP contribution in [0, 0.1) is 0 Å². The van der Waals surface area contributed by atoms with E-state index < -0.39 is 10.0 Å². The molecule has 2 aromatic heterocycles. The van der Waals surface area contributed by atoms with E-state index in [2.05, 4.69) is 30.0 Å². The monoisotopic (exact) mass is 561 g/mol. The summed E-state index contributed by atoms with van der Waals surface area (Å²) < 4.78 is 35.2. The van der Waals surface area contributed by atoms with Crippen LogP contribution in [0.4, 0.5) is 11.6 Å². The fourth-order valence-electron chi connectivity index (χ4n) is 4.08. The maximum absolute atomic E-state index is 12.8. The third kappa shape index (κ3) is 5.65. The summed E-state index contributed by atoms with van der Waals surface area (Å²) in [5.41, 5.74) is 2.57. The number of anilines is 2. The molecule has 4 aromatic rings. The van der Waals surface area contributed by atoms with Crippen LogP contribution in [-0.4, -0.2) is 72.5 Å². The van der Waals surface area contributed by atoms with Crippen molar-refractivity contribution in [2.24, 2.45) is 7.05 Å². The summed E-state index contributed by atoms with van der Waals surface area (Å²) in [6.45, 7) is 5.02. The highest BCUT2D eigenvalue weighted by molar-refractivity contribution is 7.92. The van der Waals surface area contributed by atoms with Crippen LogP contribution in [0.15, 0.2) is 53.6 Å². The number of benzene rings is 2. The summed E-state index contributed by atoms with van der Waals surface area (Å²) in [6, 6.07) is 11.4. The summed E-state index contributed by atoms with van der Waals surface area (Å²) in [6.07, 6.45) is 1.75. The van der Waals surface area contributed by atoms with Gasteiger partial charge in [-0.05, 0) is 24.3 Å². The fourth-order valence-corrected chi connectivity index (χ4v) is 5.91. The van der Waals surface area contributed by atoms with Crippen molar-refractivity contribution < 1.29 is 13.2 Å². The first-order chi connectivity index (χ1) is 17.8. The number of hydrogen-bond donors (Lipinski definition) is 2. The van der Waals surface area contributed by atoms with Crippen molar-refractivity contribution in [3.8, 4) is 11.3 Å². The molecule has 0 spiro atoms. The molecule has 2 aromatic carbocycles. The Kier molecular flexibility index (Phi) is 7.50. The Labute approximate surface area is 224 Å². The molecule has 0 aliphatic carbocycles. The van der Waals surface area contributed by atoms with Gasteiger partial charge in [0.2, 0.25) is 5.95 Å². The molecule has 37 heavy (non-hydrogen) atoms. The van der Waals surface area contributed by atoms with Crippen molar-refractivity contribution >= 4 is 55.9 Å². The second kappa shape index (κ2) is 10.8. The predicted octanol–water partition coefficient (Wildman–Crippen LogP) is 3.88. The zero-order chi connectivity index (χ0) is 26.0. The Morgan fingerprint density at radius 3 is 2.59 bits per heavy atom. The summed E-state index contributed by atoms with van der Waals surface area (Å²) in [5, 5.41) is 8.84. The van der Waals surface area contributed by atoms with Crippen LogP contribution in [0.2, 0.25) is 10.0 Å². The molecule has 1 fully saturated rings. The number of hydrogen-bond acceptors (Lipinski definition) is 8. The molecule has 5 rings (SSSR count). The van der Waals surface area contributed by atoms with E-state index in [-0.39, 0.29) is 14.9 Å². The highest BCUT2D eigenvalue weighted by atomic mass is 35.5. The SMILES string of the molecule is Cn1nc(-c2ccc(NS(=O)(=O)c3cccc(Cl)c3Cl)cc2)c2cnc(NCCN3CCOCC3)nc21. The van der Waals surface area contributed by atoms with E-state index in [1.165, 1.54) is 18.2 Å². The van der Waals surface area contributed by atoms with Crippen LogP contribution in [0.1, 0.15) is 0 Å². The maximum atomic E-state index is 12.8. The maximum Gasteiger partial charge on any atom is 0.263 e. The molecule has 0 atom stereocenters. The number of nitrogens with zero attached hydrogens (tertiary/aromatic N) is 5. The van der Waals surface area contributed by atoms with E-state index in [1.807, 2.05) is 7.05 Å². The molecule has 10 nitrogen and oxygen atoms in total. The number of nitrogens with one attached hydrogen (secondary N) is 2. The van der Waals surface area contributed by atoms with E-state index in [0.717, 1.165) is 50.3 Å². The predicted molar refractivity (Wildman–Crippen MR) is 145 cm³/mol. The summed E-state index contributed by atoms with van der Waals surface area (Å²) in [7, 11) is -2.09. The lowest BCUT2D eigenvalue weighted by Gasteiger charge is -2.26. The van der Waals surface area contributed by atoms with E-state index in [0.29, 0.717) is 23.0 Å². The Hall–Kier alpha value is -2.96. The number of morpholine rings is 1. The molecular formula is C24H25Cl2N7O3S. The average Bonchev–Trinajstić information content (AvgIpc) is 3.22. The van der Waals surface area contributed by atoms with Gasteiger partial charge in [-0.25, -0.2) is 18.1 Å². The van der Waals surface area contributed by atoms with Crippen LogP contribution in [0.25, 0.3) is 22.3 Å². The van der Waals surface area contributed by atoms with Gasteiger partial charge in [0.15, 0.2) is 5.65 Å². The lowest BCUT2D eigenvalue weighted by molar-refractivity contribution is 0.0398. The third-order valence-electron chi connectivity index (χ3n) is 6.01. The highest BCUT2D eigenvalue weighted by Crippen LogP contribution is 2.31. The van der Waals surface area contributed by atoms with Crippen molar-refractivity contribution in [1.82, 2.24) is 24.6 Å². The minimum Gasteiger partial charge on any atom is -0.379 e. The Morgan fingerprint density at radius 1 is 1.08 bits per heavy atom. The van der Waals surface area contributed by atoms with E-state index in [4.69, 9.17) is 27.9 Å². The van der Waals surface area contributed by atoms with Crippen molar-refractivity contribution in [1.29, 1.82) is 0 Å². The van der Waals surface area contributed by atoms with Gasteiger partial charge in [0, 0.05) is 50.7 Å². The Balaban J connectivity index is 1.30. The van der Waals surface area contributed by atoms with Gasteiger partial charge in [-0.3, -0.25) is 9.62 Å². The van der Waals surface area contributed by atoms with Crippen molar-refractivity contribution in [3.05, 3.63) is 58.7 Å². The summed E-state index contributed by atoms with van der Waals surface area (Å²) in [4.78, 5) is 11.4. The number of rotatable bonds is 8. The normalized spacial score (nSPS) is 14.7. The van der Waals surface area contributed by atoms with Crippen LogP contribution in [0.5, 0.6) is 0 Å². The van der Waals surface area contributed by atoms with E-state index >= 15 is 0 Å². The number of ether oxygens (including phenoxy) is 1. The number of aryl methyl sites for hydroxylation is 1. The number of fused-ring (bicyclic) bond motifs is 1. The van der Waals surface area contributed by atoms with Gasteiger partial charge in [0.05, 0.1) is 28.6 Å². The van der Waals surface area contributed by atoms with Gasteiger partial charge < -0.3 is 10.1 Å². The molecule has 1 aliphatic rings. The first kappa shape index (κ1) is 25.7. The summed E-state index contributed by atoms with van der Waals surface area (Å²) >= 11 is 12.1. The average molecular weight is 562 g/mol. The Morgan fingerprint density at radius 2 is 1.84 bits per heavy atom. The minimum atomic E-state index is -3.92. The van der Waals surface area contributed by atoms with Gasteiger partial charge in [-0.2, -0.15) is 10.1 Å². The van der Waals surface area contributed by atoms with Crippen molar-refractivity contribution in [2.75, 3.05) is 49.4 Å². The van der Waals surface area contributed by atoms with Gasteiger partial charge in [0.25, 0.3) is 10.0 Å². The topological polar surface area (TPSA) is 114 Å². The van der Waals surface area contributed by atoms with Crippen molar-refractivity contribution in [3.63, 3.8) is 0 Å². The van der Waals surface area contributed by atoms with Gasteiger partial charge in [-0.1, -0.05) is 41.4 Å². The lowest BCUT2D eigenvalue weighted by Crippen LogP contribution is -2.39. The molecular weight excluding hydrogens is 537 g/mol. The molecule has 0 unspecified atom stereocenters. The first-order valence-corrected chi connectivity index (χ1v) is 13.9. The zero-order valence-electron chi connectivity index (χ0n) is 20.0. The van der Waals surface area contributed by atoms with Crippen LogP contribution >= 0.6 is 23.2 Å². The molecule has 0 radical (unpaired) electrons. The minimum absolute atomic E-state index is 0.0248. The lowest BCUT2D eigenvalue weighted by atomic mass is 10.1. The largest absolute Gasteiger partial charge is 0.379 e. The van der Waals surface area contributed by atoms with Crippen LogP contribution < -0.4 is 10.0 Å². The van der Waals surface area contributed by atoms with E-state index in [1.54, 1.807) is 35.1 Å². The molecule has 1 aliphatic heterocycles. The summed E-state index contributed by atoms with van der Waals surface area (Å²) in [5.74, 6) is 0.541. The molecule has 194 valence electrons. The molecule has 1 saturated heterocycles. The fraction of sp³-hybridized carbons (Fsp3) is 0.292. The first-order valence-electron chi connectivity index (χ1n) is 11.6. The van der Waals surface area contributed by atoms with Gasteiger partial charge in [0.1, 0.15) is 10.6 Å².